The number of nitrogens with zero attached hydrogens (tertiary/aromatic N) is 2. The highest BCUT2D eigenvalue weighted by atomic mass is 16.3. The Morgan fingerprint density at radius 1 is 1.67 bits per heavy atom. The van der Waals surface area contributed by atoms with Crippen LogP contribution in [0.3, 0.4) is 0 Å². The first kappa shape index (κ1) is 10.6. The minimum absolute atomic E-state index is 0.277. The van der Waals surface area contributed by atoms with Crippen molar-refractivity contribution in [3.63, 3.8) is 0 Å². The standard InChI is InChI=1S/C11H19N3O/c1-14-10(4-6-13-14)8-12-11(5-7-15)9-2-3-9/h4,6,9,11-12,15H,2-3,5,7-8H2,1H3. The van der Waals surface area contributed by atoms with E-state index in [1.165, 1.54) is 18.5 Å². The van der Waals surface area contributed by atoms with Crippen molar-refractivity contribution < 1.29 is 5.11 Å². The van der Waals surface area contributed by atoms with Crippen LogP contribution in [0, 0.1) is 5.92 Å². The van der Waals surface area contributed by atoms with Gasteiger partial charge in [-0.15, -0.1) is 0 Å². The molecule has 1 heterocycles. The van der Waals surface area contributed by atoms with Crippen molar-refractivity contribution >= 4 is 0 Å². The van der Waals surface area contributed by atoms with Gasteiger partial charge in [0.05, 0.1) is 5.69 Å². The topological polar surface area (TPSA) is 50.1 Å². The lowest BCUT2D eigenvalue weighted by Crippen LogP contribution is -2.32. The third-order valence-corrected chi connectivity index (χ3v) is 3.10. The van der Waals surface area contributed by atoms with Crippen molar-refractivity contribution in [2.45, 2.75) is 31.8 Å². The highest BCUT2D eigenvalue weighted by molar-refractivity contribution is 5.00. The molecule has 1 atom stereocenters. The number of hydrogen-bond acceptors (Lipinski definition) is 3. The fourth-order valence-electron chi connectivity index (χ4n) is 1.95. The van der Waals surface area contributed by atoms with Crippen molar-refractivity contribution in [1.82, 2.24) is 15.1 Å². The first-order valence-electron chi connectivity index (χ1n) is 5.62. The van der Waals surface area contributed by atoms with E-state index in [1.54, 1.807) is 0 Å². The summed E-state index contributed by atoms with van der Waals surface area (Å²) in [6.45, 7) is 1.12. The summed E-state index contributed by atoms with van der Waals surface area (Å²) in [6.07, 6.45) is 5.30. The number of hydrogen-bond donors (Lipinski definition) is 2. The Bertz CT molecular complexity index is 307. The third-order valence-electron chi connectivity index (χ3n) is 3.10. The van der Waals surface area contributed by atoms with Crippen LogP contribution in [-0.4, -0.2) is 27.5 Å². The second kappa shape index (κ2) is 4.77. The summed E-state index contributed by atoms with van der Waals surface area (Å²) in [7, 11) is 1.95. The van der Waals surface area contributed by atoms with E-state index in [9.17, 15) is 0 Å². The predicted molar refractivity (Wildman–Crippen MR) is 58.3 cm³/mol. The molecule has 84 valence electrons. The average molecular weight is 209 g/mol. The van der Waals surface area contributed by atoms with Crippen molar-refractivity contribution in [3.05, 3.63) is 18.0 Å². The van der Waals surface area contributed by atoms with E-state index in [0.29, 0.717) is 6.04 Å². The smallest absolute Gasteiger partial charge is 0.0518 e. The first-order chi connectivity index (χ1) is 7.31. The molecule has 1 saturated carbocycles. The Hall–Kier alpha value is -0.870. The minimum Gasteiger partial charge on any atom is -0.396 e. The van der Waals surface area contributed by atoms with Gasteiger partial charge < -0.3 is 10.4 Å². The molecule has 1 aromatic rings. The quantitative estimate of drug-likeness (QED) is 0.724. The molecule has 0 saturated heterocycles. The second-order valence-corrected chi connectivity index (χ2v) is 4.28. The van der Waals surface area contributed by atoms with Crippen molar-refractivity contribution in [3.8, 4) is 0 Å². The number of aliphatic hydroxyl groups is 1. The fraction of sp³-hybridized carbons (Fsp3) is 0.727. The molecule has 1 aromatic heterocycles. The number of aliphatic hydroxyl groups excluding tert-OH is 1. The largest absolute Gasteiger partial charge is 0.396 e. The lowest BCUT2D eigenvalue weighted by atomic mass is 10.1. The maximum atomic E-state index is 8.97. The molecule has 4 heteroatoms. The van der Waals surface area contributed by atoms with Gasteiger partial charge in [0.25, 0.3) is 0 Å². The summed E-state index contributed by atoms with van der Waals surface area (Å²) in [4.78, 5) is 0. The van der Waals surface area contributed by atoms with E-state index in [0.717, 1.165) is 18.9 Å². The molecule has 2 rings (SSSR count). The van der Waals surface area contributed by atoms with Crippen LogP contribution in [0.5, 0.6) is 0 Å². The Morgan fingerprint density at radius 2 is 2.47 bits per heavy atom. The number of rotatable bonds is 6. The van der Waals surface area contributed by atoms with E-state index < -0.39 is 0 Å². The van der Waals surface area contributed by atoms with Gasteiger partial charge in [-0.05, 0) is 31.2 Å². The lowest BCUT2D eigenvalue weighted by molar-refractivity contribution is 0.255. The molecule has 15 heavy (non-hydrogen) atoms. The minimum atomic E-state index is 0.277. The van der Waals surface area contributed by atoms with E-state index in [1.807, 2.05) is 24.0 Å². The molecule has 0 bridgehead atoms. The number of aromatic nitrogens is 2. The molecule has 2 N–H and O–H groups in total. The maximum Gasteiger partial charge on any atom is 0.0518 e. The van der Waals surface area contributed by atoms with E-state index in [4.69, 9.17) is 5.11 Å². The van der Waals surface area contributed by atoms with Crippen LogP contribution in [-0.2, 0) is 13.6 Å². The molecule has 1 aliphatic carbocycles. The van der Waals surface area contributed by atoms with Gasteiger partial charge in [0.2, 0.25) is 0 Å². The van der Waals surface area contributed by atoms with Crippen LogP contribution in [0.15, 0.2) is 12.3 Å². The average Bonchev–Trinajstić information content (AvgIpc) is 2.98. The highest BCUT2D eigenvalue weighted by Crippen LogP contribution is 2.33. The second-order valence-electron chi connectivity index (χ2n) is 4.28. The molecule has 4 nitrogen and oxygen atoms in total. The van der Waals surface area contributed by atoms with E-state index in [2.05, 4.69) is 10.4 Å². The van der Waals surface area contributed by atoms with Crippen LogP contribution in [0.2, 0.25) is 0 Å². The predicted octanol–water partition coefficient (Wildman–Crippen LogP) is 0.671. The number of aryl methyl sites for hydroxylation is 1. The van der Waals surface area contributed by atoms with E-state index in [-0.39, 0.29) is 6.61 Å². The van der Waals surface area contributed by atoms with E-state index >= 15 is 0 Å². The Kier molecular flexibility index (Phi) is 3.38. The van der Waals surface area contributed by atoms with Crippen LogP contribution in [0.1, 0.15) is 25.0 Å². The maximum absolute atomic E-state index is 8.97. The van der Waals surface area contributed by atoms with Crippen LogP contribution in [0.4, 0.5) is 0 Å². The molecule has 0 spiro atoms. The zero-order chi connectivity index (χ0) is 10.7. The van der Waals surface area contributed by atoms with Gasteiger partial charge >= 0.3 is 0 Å². The zero-order valence-electron chi connectivity index (χ0n) is 9.19. The van der Waals surface area contributed by atoms with Gasteiger partial charge in [-0.25, -0.2) is 0 Å². The Balaban J connectivity index is 1.82. The summed E-state index contributed by atoms with van der Waals surface area (Å²) >= 11 is 0. The van der Waals surface area contributed by atoms with Crippen LogP contribution >= 0.6 is 0 Å². The van der Waals surface area contributed by atoms with Gasteiger partial charge in [0, 0.05) is 32.4 Å². The molecule has 0 aromatic carbocycles. The van der Waals surface area contributed by atoms with Crippen molar-refractivity contribution in [2.24, 2.45) is 13.0 Å². The summed E-state index contributed by atoms with van der Waals surface area (Å²) in [5.41, 5.74) is 1.19. The van der Waals surface area contributed by atoms with Gasteiger partial charge in [-0.2, -0.15) is 5.10 Å². The normalized spacial score (nSPS) is 18.0. The molecule has 0 amide bonds. The molecular weight excluding hydrogens is 190 g/mol. The van der Waals surface area contributed by atoms with Crippen molar-refractivity contribution in [2.75, 3.05) is 6.61 Å². The third kappa shape index (κ3) is 2.79. The number of nitrogens with one attached hydrogen (secondary N) is 1. The SMILES string of the molecule is Cn1nccc1CNC(CCO)C1CC1. The molecular formula is C11H19N3O. The highest BCUT2D eigenvalue weighted by Gasteiger charge is 2.30. The fourth-order valence-corrected chi connectivity index (χ4v) is 1.95. The zero-order valence-corrected chi connectivity index (χ0v) is 9.19. The van der Waals surface area contributed by atoms with Gasteiger partial charge in [0.15, 0.2) is 0 Å². The molecule has 0 aliphatic heterocycles. The first-order valence-corrected chi connectivity index (χ1v) is 5.62. The van der Waals surface area contributed by atoms with Gasteiger partial charge in [0.1, 0.15) is 0 Å². The lowest BCUT2D eigenvalue weighted by Gasteiger charge is -2.16. The van der Waals surface area contributed by atoms with Gasteiger partial charge in [-0.1, -0.05) is 0 Å². The van der Waals surface area contributed by atoms with Gasteiger partial charge in [-0.3, -0.25) is 4.68 Å². The monoisotopic (exact) mass is 209 g/mol. The summed E-state index contributed by atoms with van der Waals surface area (Å²) in [5, 5.41) is 16.6. The molecule has 1 aliphatic rings. The van der Waals surface area contributed by atoms with Crippen LogP contribution in [0.25, 0.3) is 0 Å². The summed E-state index contributed by atoms with van der Waals surface area (Å²) in [6, 6.07) is 2.50. The molecule has 0 radical (unpaired) electrons. The van der Waals surface area contributed by atoms with Crippen molar-refractivity contribution in [1.29, 1.82) is 0 Å². The molecule has 1 unspecified atom stereocenters. The summed E-state index contributed by atoms with van der Waals surface area (Å²) < 4.78 is 1.88. The Morgan fingerprint density at radius 3 is 3.00 bits per heavy atom. The summed E-state index contributed by atoms with van der Waals surface area (Å²) in [5.74, 6) is 0.783. The molecule has 1 fully saturated rings. The van der Waals surface area contributed by atoms with Crippen LogP contribution < -0.4 is 5.32 Å². The Labute approximate surface area is 90.3 Å².